The van der Waals surface area contributed by atoms with Crippen LogP contribution in [0.2, 0.25) is 0 Å². The summed E-state index contributed by atoms with van der Waals surface area (Å²) < 4.78 is 5.00. The van der Waals surface area contributed by atoms with Crippen molar-refractivity contribution < 1.29 is 15.0 Å². The normalized spacial score (nSPS) is 11.2. The minimum Gasteiger partial charge on any atom is -0.458 e. The number of ether oxygens (including phenoxy) is 1. The molecule has 0 saturated heterocycles. The van der Waals surface area contributed by atoms with Gasteiger partial charge in [-0.2, -0.15) is 0 Å². The first-order chi connectivity index (χ1) is 5.70. The van der Waals surface area contributed by atoms with E-state index in [-0.39, 0.29) is 17.5 Å². The number of esters is 1. The first-order valence-corrected chi connectivity index (χ1v) is 3.92. The first kappa shape index (κ1) is 11.6. The van der Waals surface area contributed by atoms with E-state index in [2.05, 4.69) is 0 Å². The Morgan fingerprint density at radius 1 is 1.31 bits per heavy atom. The molecule has 3 heteroatoms. The zero-order valence-electron chi connectivity index (χ0n) is 7.78. The van der Waals surface area contributed by atoms with Gasteiger partial charge in [0.05, 0.1) is 0 Å². The van der Waals surface area contributed by atoms with Gasteiger partial charge >= 0.3 is 5.97 Å². The topological polar surface area (TPSA) is 57.8 Å². The van der Waals surface area contributed by atoms with Gasteiger partial charge < -0.3 is 10.2 Å². The average molecular weight is 182 g/mol. The lowest BCUT2D eigenvalue weighted by atomic mass is 10.1. The molecule has 3 nitrogen and oxygen atoms in total. The van der Waals surface area contributed by atoms with Crippen LogP contribution in [0.25, 0.3) is 0 Å². The molecular formula is C10H14O3. The van der Waals surface area contributed by atoms with Crippen LogP contribution in [0.3, 0.4) is 0 Å². The van der Waals surface area contributed by atoms with Crippen molar-refractivity contribution in [3.8, 4) is 0 Å². The zero-order valence-corrected chi connectivity index (χ0v) is 7.78. The molecule has 13 heavy (non-hydrogen) atoms. The third kappa shape index (κ3) is 3.71. The SMILES string of the molecule is CC(=O)OC(C)c1ccccc1.O. The van der Waals surface area contributed by atoms with Gasteiger partial charge in [0.25, 0.3) is 0 Å². The lowest BCUT2D eigenvalue weighted by molar-refractivity contribution is -0.145. The fraction of sp³-hybridized carbons (Fsp3) is 0.300. The van der Waals surface area contributed by atoms with Gasteiger partial charge in [-0.3, -0.25) is 4.79 Å². The number of hydrogen-bond acceptors (Lipinski definition) is 2. The molecule has 1 aromatic carbocycles. The third-order valence-corrected chi connectivity index (χ3v) is 1.61. The summed E-state index contributed by atoms with van der Waals surface area (Å²) in [7, 11) is 0. The van der Waals surface area contributed by atoms with Crippen molar-refractivity contribution in [1.29, 1.82) is 0 Å². The molecule has 0 aliphatic carbocycles. The molecule has 0 aromatic heterocycles. The van der Waals surface area contributed by atoms with E-state index < -0.39 is 0 Å². The van der Waals surface area contributed by atoms with E-state index in [0.29, 0.717) is 0 Å². The molecule has 1 atom stereocenters. The summed E-state index contributed by atoms with van der Waals surface area (Å²) in [5.74, 6) is -0.244. The average Bonchev–Trinajstić information content (AvgIpc) is 2.05. The molecule has 1 unspecified atom stereocenters. The standard InChI is InChI=1S/C10H12O2.H2O/c1-8(12-9(2)11)10-6-4-3-5-7-10;/h3-8H,1-2H3;1H2. The van der Waals surface area contributed by atoms with E-state index in [1.165, 1.54) is 6.92 Å². The van der Waals surface area contributed by atoms with E-state index >= 15 is 0 Å². The van der Waals surface area contributed by atoms with Crippen LogP contribution in [-0.4, -0.2) is 11.4 Å². The molecule has 72 valence electrons. The van der Waals surface area contributed by atoms with Gasteiger partial charge in [0.15, 0.2) is 0 Å². The number of rotatable bonds is 2. The molecule has 0 aliphatic rings. The Kier molecular flexibility index (Phi) is 4.77. The monoisotopic (exact) mass is 182 g/mol. The maximum absolute atomic E-state index is 10.6. The largest absolute Gasteiger partial charge is 0.458 e. The van der Waals surface area contributed by atoms with Crippen LogP contribution in [0.1, 0.15) is 25.5 Å². The maximum atomic E-state index is 10.6. The van der Waals surface area contributed by atoms with Crippen LogP contribution in [0.15, 0.2) is 30.3 Å². The molecule has 2 N–H and O–H groups in total. The second-order valence-corrected chi connectivity index (χ2v) is 2.66. The van der Waals surface area contributed by atoms with Gasteiger partial charge in [-0.05, 0) is 12.5 Å². The molecule has 0 saturated carbocycles. The van der Waals surface area contributed by atoms with E-state index in [4.69, 9.17) is 4.74 Å². The highest BCUT2D eigenvalue weighted by Crippen LogP contribution is 2.15. The molecule has 0 bridgehead atoms. The number of carbonyl (C=O) groups excluding carboxylic acids is 1. The molecule has 1 aromatic rings. The molecular weight excluding hydrogens is 168 g/mol. The Morgan fingerprint density at radius 3 is 2.31 bits per heavy atom. The maximum Gasteiger partial charge on any atom is 0.303 e. The summed E-state index contributed by atoms with van der Waals surface area (Å²) >= 11 is 0. The highest BCUT2D eigenvalue weighted by Gasteiger charge is 2.06. The van der Waals surface area contributed by atoms with Crippen LogP contribution in [0, 0.1) is 0 Å². The van der Waals surface area contributed by atoms with Gasteiger partial charge in [-0.15, -0.1) is 0 Å². The number of hydrogen-bond donors (Lipinski definition) is 0. The Morgan fingerprint density at radius 2 is 1.85 bits per heavy atom. The summed E-state index contributed by atoms with van der Waals surface area (Å²) in [6.45, 7) is 3.27. The summed E-state index contributed by atoms with van der Waals surface area (Å²) in [5, 5.41) is 0. The fourth-order valence-electron chi connectivity index (χ4n) is 1.04. The Bertz CT molecular complexity index is 256. The van der Waals surface area contributed by atoms with Gasteiger partial charge in [-0.25, -0.2) is 0 Å². The molecule has 0 amide bonds. The van der Waals surface area contributed by atoms with E-state index in [1.54, 1.807) is 0 Å². The number of benzene rings is 1. The Labute approximate surface area is 77.6 Å². The lowest BCUT2D eigenvalue weighted by Gasteiger charge is -2.11. The van der Waals surface area contributed by atoms with Gasteiger partial charge in [0.1, 0.15) is 6.10 Å². The third-order valence-electron chi connectivity index (χ3n) is 1.61. The second kappa shape index (κ2) is 5.32. The van der Waals surface area contributed by atoms with E-state index in [0.717, 1.165) is 5.56 Å². The van der Waals surface area contributed by atoms with Crippen molar-refractivity contribution in [2.75, 3.05) is 0 Å². The van der Waals surface area contributed by atoms with E-state index in [9.17, 15) is 4.79 Å². The predicted molar refractivity (Wildman–Crippen MR) is 50.2 cm³/mol. The van der Waals surface area contributed by atoms with Gasteiger partial charge in [-0.1, -0.05) is 30.3 Å². The fourth-order valence-corrected chi connectivity index (χ4v) is 1.04. The lowest BCUT2D eigenvalue weighted by Crippen LogP contribution is -2.04. The Balaban J connectivity index is 0.00000144. The van der Waals surface area contributed by atoms with Crippen LogP contribution in [-0.2, 0) is 9.53 Å². The van der Waals surface area contributed by atoms with Gasteiger partial charge in [0, 0.05) is 6.92 Å². The van der Waals surface area contributed by atoms with Crippen molar-refractivity contribution in [3.05, 3.63) is 35.9 Å². The predicted octanol–water partition coefficient (Wildman–Crippen LogP) is 1.49. The molecule has 0 spiro atoms. The van der Waals surface area contributed by atoms with Crippen LogP contribution >= 0.6 is 0 Å². The quantitative estimate of drug-likeness (QED) is 0.650. The molecule has 0 fully saturated rings. The van der Waals surface area contributed by atoms with E-state index in [1.807, 2.05) is 37.3 Å². The van der Waals surface area contributed by atoms with Crippen molar-refractivity contribution in [2.24, 2.45) is 0 Å². The second-order valence-electron chi connectivity index (χ2n) is 2.66. The minimum atomic E-state index is -0.244. The molecule has 0 radical (unpaired) electrons. The van der Waals surface area contributed by atoms with Crippen molar-refractivity contribution in [2.45, 2.75) is 20.0 Å². The van der Waals surface area contributed by atoms with Crippen molar-refractivity contribution in [1.82, 2.24) is 0 Å². The van der Waals surface area contributed by atoms with Gasteiger partial charge in [0.2, 0.25) is 0 Å². The molecule has 0 aliphatic heterocycles. The smallest absolute Gasteiger partial charge is 0.303 e. The van der Waals surface area contributed by atoms with Crippen molar-refractivity contribution >= 4 is 5.97 Å². The first-order valence-electron chi connectivity index (χ1n) is 3.92. The van der Waals surface area contributed by atoms with Crippen LogP contribution in [0.4, 0.5) is 0 Å². The zero-order chi connectivity index (χ0) is 8.97. The highest BCUT2D eigenvalue weighted by molar-refractivity contribution is 5.66. The summed E-state index contributed by atoms with van der Waals surface area (Å²) in [5.41, 5.74) is 1.02. The number of carbonyl (C=O) groups is 1. The van der Waals surface area contributed by atoms with Crippen molar-refractivity contribution in [3.63, 3.8) is 0 Å². The Hall–Kier alpha value is -1.35. The highest BCUT2D eigenvalue weighted by atomic mass is 16.5. The molecule has 1 rings (SSSR count). The summed E-state index contributed by atoms with van der Waals surface area (Å²) in [6.07, 6.45) is -0.149. The minimum absolute atomic E-state index is 0. The van der Waals surface area contributed by atoms with Crippen LogP contribution < -0.4 is 0 Å². The van der Waals surface area contributed by atoms with Crippen LogP contribution in [0.5, 0.6) is 0 Å². The molecule has 0 heterocycles. The summed E-state index contributed by atoms with van der Waals surface area (Å²) in [6, 6.07) is 9.66. The summed E-state index contributed by atoms with van der Waals surface area (Å²) in [4.78, 5) is 10.6.